The first-order valence-electron chi connectivity index (χ1n) is 6.15. The fourth-order valence-corrected chi connectivity index (χ4v) is 1.62. The van der Waals surface area contributed by atoms with Crippen LogP contribution in [-0.2, 0) is 14.3 Å². The van der Waals surface area contributed by atoms with E-state index in [2.05, 4.69) is 0 Å². The minimum atomic E-state index is -0.630. The summed E-state index contributed by atoms with van der Waals surface area (Å²) in [7, 11) is 3.05. The molecule has 0 radical (unpaired) electrons. The summed E-state index contributed by atoms with van der Waals surface area (Å²) < 4.78 is 15.2. The summed E-state index contributed by atoms with van der Waals surface area (Å²) in [6.45, 7) is 3.23. The molecule has 0 amide bonds. The molecule has 0 aliphatic carbocycles. The number of hydrogen-bond acceptors (Lipinski definition) is 5. The molecule has 0 saturated heterocycles. The van der Waals surface area contributed by atoms with E-state index in [-0.39, 0.29) is 18.0 Å². The maximum atomic E-state index is 11.7. The van der Waals surface area contributed by atoms with Crippen LogP contribution in [0.15, 0.2) is 23.8 Å². The monoisotopic (exact) mass is 278 g/mol. The fraction of sp³-hybridized carbons (Fsp3) is 0.333. The molecule has 0 N–H and O–H groups in total. The van der Waals surface area contributed by atoms with Gasteiger partial charge in [-0.05, 0) is 37.6 Å². The average molecular weight is 278 g/mol. The van der Waals surface area contributed by atoms with Crippen LogP contribution in [0.1, 0.15) is 19.4 Å². The third kappa shape index (κ3) is 3.85. The van der Waals surface area contributed by atoms with Crippen LogP contribution < -0.4 is 9.47 Å². The number of Topliss-reactive ketones (excluding diaryl/α,β-unsaturated/α-hetero) is 1. The molecule has 0 aliphatic rings. The molecule has 0 unspecified atom stereocenters. The van der Waals surface area contributed by atoms with Crippen LogP contribution in [0.5, 0.6) is 11.5 Å². The standard InChI is InChI=1S/C15H18O5/c1-5-20-15(17)12(10(2)16)8-11-6-7-13(18-3)14(9-11)19-4/h6-9H,5H2,1-4H3/b12-8-. The van der Waals surface area contributed by atoms with Gasteiger partial charge in [-0.15, -0.1) is 0 Å². The Morgan fingerprint density at radius 1 is 1.15 bits per heavy atom. The summed E-state index contributed by atoms with van der Waals surface area (Å²) in [5.74, 6) is 0.117. The van der Waals surface area contributed by atoms with Crippen molar-refractivity contribution in [3.8, 4) is 11.5 Å². The van der Waals surface area contributed by atoms with Gasteiger partial charge in [0.1, 0.15) is 5.57 Å². The lowest BCUT2D eigenvalue weighted by Crippen LogP contribution is -2.13. The van der Waals surface area contributed by atoms with E-state index in [1.54, 1.807) is 25.1 Å². The third-order valence-electron chi connectivity index (χ3n) is 2.59. The Morgan fingerprint density at radius 2 is 1.80 bits per heavy atom. The van der Waals surface area contributed by atoms with Gasteiger partial charge in [-0.1, -0.05) is 6.07 Å². The highest BCUT2D eigenvalue weighted by atomic mass is 16.5. The SMILES string of the molecule is CCOC(=O)/C(=C\c1ccc(OC)c(OC)c1)C(C)=O. The molecule has 0 heterocycles. The first kappa shape index (κ1) is 15.8. The van der Waals surface area contributed by atoms with Crippen molar-refractivity contribution < 1.29 is 23.8 Å². The van der Waals surface area contributed by atoms with Gasteiger partial charge in [0.15, 0.2) is 17.3 Å². The summed E-state index contributed by atoms with van der Waals surface area (Å²) in [5.41, 5.74) is 0.653. The van der Waals surface area contributed by atoms with E-state index in [0.717, 1.165) is 0 Å². The molecule has 5 nitrogen and oxygen atoms in total. The quantitative estimate of drug-likeness (QED) is 0.345. The van der Waals surface area contributed by atoms with E-state index < -0.39 is 5.97 Å². The van der Waals surface area contributed by atoms with Gasteiger partial charge >= 0.3 is 5.97 Å². The number of carbonyl (C=O) groups excluding carboxylic acids is 2. The molecule has 0 spiro atoms. The third-order valence-corrected chi connectivity index (χ3v) is 2.59. The van der Waals surface area contributed by atoms with Crippen LogP contribution in [0.2, 0.25) is 0 Å². The largest absolute Gasteiger partial charge is 0.493 e. The van der Waals surface area contributed by atoms with Crippen molar-refractivity contribution in [2.45, 2.75) is 13.8 Å². The normalized spacial score (nSPS) is 10.9. The number of carbonyl (C=O) groups is 2. The summed E-state index contributed by atoms with van der Waals surface area (Å²) in [5, 5.41) is 0. The van der Waals surface area contributed by atoms with E-state index in [0.29, 0.717) is 17.1 Å². The van der Waals surface area contributed by atoms with E-state index in [1.165, 1.54) is 27.2 Å². The van der Waals surface area contributed by atoms with Crippen LogP contribution in [-0.4, -0.2) is 32.6 Å². The number of methoxy groups -OCH3 is 2. The molecule has 1 rings (SSSR count). The molecule has 0 aliphatic heterocycles. The van der Waals surface area contributed by atoms with Gasteiger partial charge in [-0.2, -0.15) is 0 Å². The smallest absolute Gasteiger partial charge is 0.341 e. The minimum absolute atomic E-state index is 0.000861. The molecule has 0 aromatic heterocycles. The molecule has 20 heavy (non-hydrogen) atoms. The topological polar surface area (TPSA) is 61.8 Å². The maximum Gasteiger partial charge on any atom is 0.341 e. The summed E-state index contributed by atoms with van der Waals surface area (Å²) in [6.07, 6.45) is 1.47. The Balaban J connectivity index is 3.17. The first-order valence-corrected chi connectivity index (χ1v) is 6.15. The minimum Gasteiger partial charge on any atom is -0.493 e. The van der Waals surface area contributed by atoms with Gasteiger partial charge in [0, 0.05) is 0 Å². The van der Waals surface area contributed by atoms with Gasteiger partial charge in [0.05, 0.1) is 20.8 Å². The number of hydrogen-bond donors (Lipinski definition) is 0. The molecule has 1 aromatic rings. The van der Waals surface area contributed by atoms with E-state index in [9.17, 15) is 9.59 Å². The molecule has 5 heteroatoms. The second kappa shape index (κ2) is 7.33. The zero-order valence-electron chi connectivity index (χ0n) is 12.1. The van der Waals surface area contributed by atoms with Crippen LogP contribution in [0.4, 0.5) is 0 Å². The Hall–Kier alpha value is -2.30. The van der Waals surface area contributed by atoms with Crippen LogP contribution in [0.25, 0.3) is 6.08 Å². The highest BCUT2D eigenvalue weighted by Crippen LogP contribution is 2.28. The van der Waals surface area contributed by atoms with Crippen LogP contribution in [0, 0.1) is 0 Å². The molecular formula is C15H18O5. The zero-order valence-corrected chi connectivity index (χ0v) is 12.1. The molecule has 1 aromatic carbocycles. The van der Waals surface area contributed by atoms with Crippen LogP contribution >= 0.6 is 0 Å². The number of benzene rings is 1. The van der Waals surface area contributed by atoms with Crippen molar-refractivity contribution in [2.75, 3.05) is 20.8 Å². The molecule has 0 fully saturated rings. The Bertz CT molecular complexity index is 531. The lowest BCUT2D eigenvalue weighted by Gasteiger charge is -2.08. The Morgan fingerprint density at radius 3 is 2.30 bits per heavy atom. The van der Waals surface area contributed by atoms with Gasteiger partial charge in [-0.3, -0.25) is 4.79 Å². The van der Waals surface area contributed by atoms with Gasteiger partial charge in [-0.25, -0.2) is 4.79 Å². The highest BCUT2D eigenvalue weighted by Gasteiger charge is 2.16. The first-order chi connectivity index (χ1) is 9.53. The zero-order chi connectivity index (χ0) is 15.1. The molecule has 108 valence electrons. The van der Waals surface area contributed by atoms with Gasteiger partial charge in [0.25, 0.3) is 0 Å². The lowest BCUT2D eigenvalue weighted by atomic mass is 10.1. The van der Waals surface area contributed by atoms with Gasteiger partial charge < -0.3 is 14.2 Å². The molecule has 0 saturated carbocycles. The number of ketones is 1. The second-order valence-corrected chi connectivity index (χ2v) is 3.95. The average Bonchev–Trinajstić information content (AvgIpc) is 2.44. The second-order valence-electron chi connectivity index (χ2n) is 3.95. The predicted molar refractivity (Wildman–Crippen MR) is 74.8 cm³/mol. The molecule has 0 atom stereocenters. The van der Waals surface area contributed by atoms with Crippen molar-refractivity contribution in [1.29, 1.82) is 0 Å². The van der Waals surface area contributed by atoms with Crippen molar-refractivity contribution in [2.24, 2.45) is 0 Å². The number of rotatable bonds is 6. The summed E-state index contributed by atoms with van der Waals surface area (Å²) >= 11 is 0. The number of ether oxygens (including phenoxy) is 3. The van der Waals surface area contributed by atoms with E-state index in [1.807, 2.05) is 0 Å². The summed E-state index contributed by atoms with van der Waals surface area (Å²) in [6, 6.07) is 5.11. The number of esters is 1. The van der Waals surface area contributed by atoms with E-state index in [4.69, 9.17) is 14.2 Å². The predicted octanol–water partition coefficient (Wildman–Crippen LogP) is 2.24. The van der Waals surface area contributed by atoms with Crippen molar-refractivity contribution in [1.82, 2.24) is 0 Å². The fourth-order valence-electron chi connectivity index (χ4n) is 1.62. The van der Waals surface area contributed by atoms with Crippen molar-refractivity contribution in [3.63, 3.8) is 0 Å². The van der Waals surface area contributed by atoms with Crippen LogP contribution in [0.3, 0.4) is 0 Å². The van der Waals surface area contributed by atoms with E-state index >= 15 is 0 Å². The van der Waals surface area contributed by atoms with Crippen molar-refractivity contribution in [3.05, 3.63) is 29.3 Å². The summed E-state index contributed by atoms with van der Waals surface area (Å²) in [4.78, 5) is 23.2. The van der Waals surface area contributed by atoms with Gasteiger partial charge in [0.2, 0.25) is 0 Å². The van der Waals surface area contributed by atoms with Crippen molar-refractivity contribution >= 4 is 17.8 Å². The maximum absolute atomic E-state index is 11.7. The lowest BCUT2D eigenvalue weighted by molar-refractivity contribution is -0.139. The molecular weight excluding hydrogens is 260 g/mol. The Kier molecular flexibility index (Phi) is 5.77. The highest BCUT2D eigenvalue weighted by molar-refractivity contribution is 6.19. The molecule has 0 bridgehead atoms. The Labute approximate surface area is 118 Å².